The number of benzene rings is 2. The van der Waals surface area contributed by atoms with Crippen molar-refractivity contribution in [2.24, 2.45) is 0 Å². The van der Waals surface area contributed by atoms with E-state index in [0.29, 0.717) is 11.5 Å². The van der Waals surface area contributed by atoms with Gasteiger partial charge in [0.25, 0.3) is 0 Å². The quantitative estimate of drug-likeness (QED) is 0.857. The summed E-state index contributed by atoms with van der Waals surface area (Å²) in [6.07, 6.45) is 5.28. The number of rotatable bonds is 5. The smallest absolute Gasteiger partial charge is 0.244 e. The molecule has 4 heteroatoms. The molecule has 1 unspecified atom stereocenters. The number of hydrogen-bond donors (Lipinski definition) is 1. The van der Waals surface area contributed by atoms with E-state index in [1.54, 1.807) is 32.4 Å². The molecule has 0 bridgehead atoms. The normalized spacial score (nSPS) is 16.0. The molecule has 1 aliphatic carbocycles. The molecule has 124 valence electrons. The average molecular weight is 323 g/mol. The lowest BCUT2D eigenvalue weighted by atomic mass is 10.1. The molecule has 3 rings (SSSR count). The highest BCUT2D eigenvalue weighted by Gasteiger charge is 2.22. The van der Waals surface area contributed by atoms with E-state index in [2.05, 4.69) is 17.4 Å². The van der Waals surface area contributed by atoms with Gasteiger partial charge < -0.3 is 14.8 Å². The topological polar surface area (TPSA) is 47.6 Å². The van der Waals surface area contributed by atoms with Gasteiger partial charge in [-0.1, -0.05) is 24.3 Å². The number of hydrogen-bond acceptors (Lipinski definition) is 3. The summed E-state index contributed by atoms with van der Waals surface area (Å²) in [6.45, 7) is 0. The molecule has 0 fully saturated rings. The number of amides is 1. The number of fused-ring (bicyclic) bond motifs is 1. The van der Waals surface area contributed by atoms with Crippen LogP contribution in [0.1, 0.15) is 29.2 Å². The van der Waals surface area contributed by atoms with Crippen LogP contribution >= 0.6 is 0 Å². The predicted octanol–water partition coefficient (Wildman–Crippen LogP) is 3.52. The minimum atomic E-state index is -0.0986. The predicted molar refractivity (Wildman–Crippen MR) is 94.2 cm³/mol. The van der Waals surface area contributed by atoms with E-state index >= 15 is 0 Å². The second-order valence-corrected chi connectivity index (χ2v) is 5.78. The second kappa shape index (κ2) is 7.21. The Hall–Kier alpha value is -2.75. The molecule has 0 spiro atoms. The van der Waals surface area contributed by atoms with E-state index in [4.69, 9.17) is 9.47 Å². The molecule has 2 aromatic rings. The Balaban J connectivity index is 1.68. The summed E-state index contributed by atoms with van der Waals surface area (Å²) in [7, 11) is 3.21. The van der Waals surface area contributed by atoms with Gasteiger partial charge in [-0.15, -0.1) is 0 Å². The maximum Gasteiger partial charge on any atom is 0.244 e. The summed E-state index contributed by atoms with van der Waals surface area (Å²) < 4.78 is 10.5. The van der Waals surface area contributed by atoms with Crippen molar-refractivity contribution in [1.82, 2.24) is 5.32 Å². The highest BCUT2D eigenvalue weighted by atomic mass is 16.5. The molecule has 1 atom stereocenters. The van der Waals surface area contributed by atoms with Gasteiger partial charge in [0.2, 0.25) is 5.91 Å². The van der Waals surface area contributed by atoms with Crippen LogP contribution in [0.25, 0.3) is 6.08 Å². The van der Waals surface area contributed by atoms with E-state index in [9.17, 15) is 4.79 Å². The first-order valence-corrected chi connectivity index (χ1v) is 7.99. The molecule has 0 saturated heterocycles. The third-order valence-electron chi connectivity index (χ3n) is 4.25. The van der Waals surface area contributed by atoms with Crippen LogP contribution < -0.4 is 14.8 Å². The van der Waals surface area contributed by atoms with Gasteiger partial charge in [-0.05, 0) is 47.7 Å². The molecule has 1 aliphatic rings. The van der Waals surface area contributed by atoms with Crippen LogP contribution in [-0.2, 0) is 11.2 Å². The van der Waals surface area contributed by atoms with Gasteiger partial charge in [0, 0.05) is 12.1 Å². The monoisotopic (exact) mass is 323 g/mol. The molecular weight excluding hydrogens is 302 g/mol. The molecule has 0 heterocycles. The number of nitrogens with one attached hydrogen (secondary N) is 1. The number of carbonyl (C=O) groups is 1. The van der Waals surface area contributed by atoms with E-state index < -0.39 is 0 Å². The molecule has 0 saturated carbocycles. The van der Waals surface area contributed by atoms with Crippen molar-refractivity contribution < 1.29 is 14.3 Å². The lowest BCUT2D eigenvalue weighted by molar-refractivity contribution is -0.117. The largest absolute Gasteiger partial charge is 0.497 e. The second-order valence-electron chi connectivity index (χ2n) is 5.78. The van der Waals surface area contributed by atoms with Gasteiger partial charge in [-0.3, -0.25) is 4.79 Å². The van der Waals surface area contributed by atoms with Crippen molar-refractivity contribution in [2.45, 2.75) is 18.9 Å². The molecule has 1 N–H and O–H groups in total. The lowest BCUT2D eigenvalue weighted by Gasteiger charge is -2.12. The van der Waals surface area contributed by atoms with Crippen LogP contribution in [0.5, 0.6) is 11.5 Å². The molecule has 2 aromatic carbocycles. The van der Waals surface area contributed by atoms with Crippen LogP contribution in [0.4, 0.5) is 0 Å². The first-order chi connectivity index (χ1) is 11.7. The van der Waals surface area contributed by atoms with Crippen LogP contribution in [0, 0.1) is 0 Å². The Morgan fingerprint density at radius 2 is 1.83 bits per heavy atom. The summed E-state index contributed by atoms with van der Waals surface area (Å²) >= 11 is 0. The highest BCUT2D eigenvalue weighted by molar-refractivity contribution is 5.92. The SMILES string of the molecule is COc1cc(/C=C/C(=O)NC2CCc3ccccc32)cc(OC)c1. The zero-order chi connectivity index (χ0) is 16.9. The maximum absolute atomic E-state index is 12.2. The Bertz CT molecular complexity index is 745. The minimum Gasteiger partial charge on any atom is -0.497 e. The highest BCUT2D eigenvalue weighted by Crippen LogP contribution is 2.30. The van der Waals surface area contributed by atoms with E-state index in [0.717, 1.165) is 18.4 Å². The fourth-order valence-electron chi connectivity index (χ4n) is 3.02. The summed E-state index contributed by atoms with van der Waals surface area (Å²) in [5, 5.41) is 3.07. The number of carbonyl (C=O) groups excluding carboxylic acids is 1. The Morgan fingerprint density at radius 3 is 2.54 bits per heavy atom. The van der Waals surface area contributed by atoms with Crippen molar-refractivity contribution in [3.63, 3.8) is 0 Å². The Kier molecular flexibility index (Phi) is 4.85. The van der Waals surface area contributed by atoms with E-state index in [1.165, 1.54) is 11.1 Å². The number of methoxy groups -OCH3 is 2. The number of aryl methyl sites for hydroxylation is 1. The van der Waals surface area contributed by atoms with Crippen LogP contribution in [0.15, 0.2) is 48.5 Å². The average Bonchev–Trinajstić information content (AvgIpc) is 3.02. The van der Waals surface area contributed by atoms with Gasteiger partial charge in [0.05, 0.1) is 20.3 Å². The molecule has 0 aliphatic heterocycles. The van der Waals surface area contributed by atoms with Crippen molar-refractivity contribution in [2.75, 3.05) is 14.2 Å². The molecule has 0 radical (unpaired) electrons. The fraction of sp³-hybridized carbons (Fsp3) is 0.250. The van der Waals surface area contributed by atoms with Gasteiger partial charge in [0.1, 0.15) is 11.5 Å². The zero-order valence-electron chi connectivity index (χ0n) is 13.9. The zero-order valence-corrected chi connectivity index (χ0v) is 13.9. The Morgan fingerprint density at radius 1 is 1.12 bits per heavy atom. The van der Waals surface area contributed by atoms with Gasteiger partial charge in [0.15, 0.2) is 0 Å². The summed E-state index contributed by atoms with van der Waals surface area (Å²) in [5.74, 6) is 1.29. The third-order valence-corrected chi connectivity index (χ3v) is 4.25. The van der Waals surface area contributed by atoms with Crippen molar-refractivity contribution in [3.05, 3.63) is 65.2 Å². The van der Waals surface area contributed by atoms with Crippen molar-refractivity contribution >= 4 is 12.0 Å². The van der Waals surface area contributed by atoms with Crippen molar-refractivity contribution in [3.8, 4) is 11.5 Å². The van der Waals surface area contributed by atoms with Gasteiger partial charge in [-0.25, -0.2) is 0 Å². The van der Waals surface area contributed by atoms with Crippen LogP contribution in [0.2, 0.25) is 0 Å². The third kappa shape index (κ3) is 3.59. The molecule has 1 amide bonds. The van der Waals surface area contributed by atoms with Gasteiger partial charge in [-0.2, -0.15) is 0 Å². The summed E-state index contributed by atoms with van der Waals surface area (Å²) in [5.41, 5.74) is 3.40. The van der Waals surface area contributed by atoms with Crippen molar-refractivity contribution in [1.29, 1.82) is 0 Å². The molecule has 0 aromatic heterocycles. The number of ether oxygens (including phenoxy) is 2. The van der Waals surface area contributed by atoms with Gasteiger partial charge >= 0.3 is 0 Å². The molecular formula is C20H21NO3. The van der Waals surface area contributed by atoms with Crippen LogP contribution in [-0.4, -0.2) is 20.1 Å². The minimum absolute atomic E-state index is 0.0956. The first-order valence-electron chi connectivity index (χ1n) is 7.99. The summed E-state index contributed by atoms with van der Waals surface area (Å²) in [4.78, 5) is 12.2. The lowest BCUT2D eigenvalue weighted by Crippen LogP contribution is -2.25. The molecule has 24 heavy (non-hydrogen) atoms. The summed E-state index contributed by atoms with van der Waals surface area (Å²) in [6, 6.07) is 13.9. The first kappa shape index (κ1) is 16.1. The molecule has 4 nitrogen and oxygen atoms in total. The van der Waals surface area contributed by atoms with E-state index in [1.807, 2.05) is 24.3 Å². The fourth-order valence-corrected chi connectivity index (χ4v) is 3.02. The standard InChI is InChI=1S/C20H21NO3/c1-23-16-11-14(12-17(13-16)24-2)7-10-20(22)21-19-9-8-15-5-3-4-6-18(15)19/h3-7,10-13,19H,8-9H2,1-2H3,(H,21,22)/b10-7+. The maximum atomic E-state index is 12.2. The van der Waals surface area contributed by atoms with Crippen LogP contribution in [0.3, 0.4) is 0 Å². The Labute approximate surface area is 142 Å². The van der Waals surface area contributed by atoms with E-state index in [-0.39, 0.29) is 11.9 Å².